The van der Waals surface area contributed by atoms with Gasteiger partial charge < -0.3 is 16.5 Å². The van der Waals surface area contributed by atoms with Crippen molar-refractivity contribution in [2.24, 2.45) is 30.6 Å². The first-order valence-electron chi connectivity index (χ1n) is 8.49. The first kappa shape index (κ1) is 18.2. The molecule has 0 saturated heterocycles. The highest BCUT2D eigenvalue weighted by atomic mass is 16.2. The van der Waals surface area contributed by atoms with Gasteiger partial charge in [-0.2, -0.15) is 4.99 Å². The topological polar surface area (TPSA) is 172 Å². The van der Waals surface area contributed by atoms with E-state index in [0.717, 1.165) is 4.57 Å². The zero-order chi connectivity index (χ0) is 21.0. The molecule has 0 radical (unpaired) electrons. The van der Waals surface area contributed by atoms with Crippen LogP contribution in [0.15, 0.2) is 32.8 Å². The summed E-state index contributed by atoms with van der Waals surface area (Å²) < 4.78 is 3.33. The molecule has 148 valence electrons. The van der Waals surface area contributed by atoms with Gasteiger partial charge in [0, 0.05) is 26.6 Å². The first-order valence-corrected chi connectivity index (χ1v) is 8.49. The van der Waals surface area contributed by atoms with Crippen molar-refractivity contribution in [2.75, 3.05) is 0 Å². The number of aliphatic imine (C=N–C) groups is 1. The van der Waals surface area contributed by atoms with Crippen molar-refractivity contribution in [1.82, 2.24) is 28.7 Å². The van der Waals surface area contributed by atoms with Crippen LogP contribution in [-0.2, 0) is 14.1 Å². The van der Waals surface area contributed by atoms with Crippen molar-refractivity contribution >= 4 is 40.0 Å². The van der Waals surface area contributed by atoms with E-state index < -0.39 is 17.2 Å². The molecule has 4 aromatic rings. The lowest BCUT2D eigenvalue weighted by molar-refractivity contribution is 0.0942. The molecule has 3 aromatic heterocycles. The number of para-hydroxylation sites is 1. The van der Waals surface area contributed by atoms with Crippen LogP contribution in [0.25, 0.3) is 33.6 Å². The molecular formula is C17H17N9O3. The van der Waals surface area contributed by atoms with Crippen LogP contribution in [0.2, 0.25) is 0 Å². The van der Waals surface area contributed by atoms with Crippen molar-refractivity contribution in [2.45, 2.75) is 6.92 Å². The number of nitrogens with zero attached hydrogens (tertiary/aromatic N) is 6. The average Bonchev–Trinajstić information content (AvgIpc) is 3.25. The largest absolute Gasteiger partial charge is 0.370 e. The number of hydrogen-bond acceptors (Lipinski definition) is 6. The van der Waals surface area contributed by atoms with Gasteiger partial charge in [-0.05, 0) is 12.1 Å². The molecule has 5 N–H and O–H groups in total. The average molecular weight is 395 g/mol. The van der Waals surface area contributed by atoms with Gasteiger partial charge in [-0.3, -0.25) is 23.3 Å². The number of aromatic nitrogens is 6. The number of aryl methyl sites for hydroxylation is 1. The third kappa shape index (κ3) is 2.61. The number of fused-ring (bicyclic) bond motifs is 2. The molecular weight excluding hydrogens is 378 g/mol. The van der Waals surface area contributed by atoms with E-state index in [1.165, 1.54) is 30.2 Å². The molecule has 0 atom stereocenters. The van der Waals surface area contributed by atoms with Gasteiger partial charge in [0.1, 0.15) is 5.52 Å². The van der Waals surface area contributed by atoms with Gasteiger partial charge in [-0.15, -0.1) is 0 Å². The maximum absolute atomic E-state index is 12.7. The predicted molar refractivity (Wildman–Crippen MR) is 107 cm³/mol. The maximum atomic E-state index is 12.7. The third-order valence-electron chi connectivity index (χ3n) is 4.55. The monoisotopic (exact) mass is 395 g/mol. The van der Waals surface area contributed by atoms with Crippen LogP contribution < -0.4 is 22.7 Å². The van der Waals surface area contributed by atoms with Crippen molar-refractivity contribution in [3.63, 3.8) is 0 Å². The minimum atomic E-state index is -0.618. The summed E-state index contributed by atoms with van der Waals surface area (Å²) in [6.07, 6.45) is 0. The molecule has 29 heavy (non-hydrogen) atoms. The summed E-state index contributed by atoms with van der Waals surface area (Å²) in [7, 11) is 2.83. The van der Waals surface area contributed by atoms with E-state index in [2.05, 4.69) is 19.9 Å². The summed E-state index contributed by atoms with van der Waals surface area (Å²) >= 11 is 0. The van der Waals surface area contributed by atoms with Gasteiger partial charge in [0.05, 0.1) is 5.52 Å². The number of rotatable bonds is 2. The summed E-state index contributed by atoms with van der Waals surface area (Å²) in [5.74, 6) is -0.240. The summed E-state index contributed by atoms with van der Waals surface area (Å²) in [4.78, 5) is 53.1. The number of guanidine groups is 1. The van der Waals surface area contributed by atoms with Crippen LogP contribution in [-0.4, -0.2) is 40.5 Å². The molecule has 0 spiro atoms. The van der Waals surface area contributed by atoms with Gasteiger partial charge in [-0.1, -0.05) is 6.07 Å². The smallest absolute Gasteiger partial charge is 0.332 e. The van der Waals surface area contributed by atoms with E-state index in [1.807, 2.05) is 0 Å². The molecule has 0 amide bonds. The van der Waals surface area contributed by atoms with Gasteiger partial charge in [0.2, 0.25) is 11.9 Å². The fraction of sp³-hybridized carbons (Fsp3) is 0.176. The molecule has 0 unspecified atom stereocenters. The zero-order valence-corrected chi connectivity index (χ0v) is 15.8. The molecule has 0 fully saturated rings. The lowest BCUT2D eigenvalue weighted by atomic mass is 10.1. The van der Waals surface area contributed by atoms with Crippen LogP contribution in [0.5, 0.6) is 0 Å². The lowest BCUT2D eigenvalue weighted by Gasteiger charge is -2.06. The van der Waals surface area contributed by atoms with Crippen LogP contribution in [0, 0.1) is 0 Å². The highest BCUT2D eigenvalue weighted by Gasteiger charge is 2.24. The summed E-state index contributed by atoms with van der Waals surface area (Å²) in [6, 6.07) is 5.19. The number of H-pyrrole nitrogens is 1. The fourth-order valence-electron chi connectivity index (χ4n) is 3.26. The molecule has 1 aromatic carbocycles. The Kier molecular flexibility index (Phi) is 3.85. The number of nitrogens with one attached hydrogen (secondary N) is 1. The summed E-state index contributed by atoms with van der Waals surface area (Å²) in [5.41, 5.74) is 11.3. The fourth-order valence-corrected chi connectivity index (χ4v) is 3.26. The minimum Gasteiger partial charge on any atom is -0.370 e. The normalized spacial score (nSPS) is 11.3. The number of nitrogens with two attached hydrogens (primary N) is 2. The van der Waals surface area contributed by atoms with Crippen molar-refractivity contribution < 1.29 is 4.79 Å². The summed E-state index contributed by atoms with van der Waals surface area (Å²) in [5, 5.41) is 0. The molecule has 0 aliphatic carbocycles. The van der Waals surface area contributed by atoms with Crippen LogP contribution in [0.4, 0.5) is 5.95 Å². The second-order valence-electron chi connectivity index (χ2n) is 6.47. The standard InChI is InChI=1S/C17H17N9O3/c1-7(27)26-11-13(24(2)17(29)25(3)14(11)28)22-12(26)8-5-4-6-9-10(8)21-16(20-9)23-15(18)19/h4-6H,1-3H3,(H5,18,19,20,21,23). The lowest BCUT2D eigenvalue weighted by Crippen LogP contribution is -2.37. The quantitative estimate of drug-likeness (QED) is 0.304. The van der Waals surface area contributed by atoms with Crippen LogP contribution in [0.3, 0.4) is 0 Å². The van der Waals surface area contributed by atoms with Gasteiger partial charge in [0.25, 0.3) is 5.56 Å². The molecule has 12 heteroatoms. The maximum Gasteiger partial charge on any atom is 0.332 e. The Balaban J connectivity index is 2.15. The number of benzene rings is 1. The van der Waals surface area contributed by atoms with E-state index in [9.17, 15) is 14.4 Å². The number of aromatic amines is 1. The Morgan fingerprint density at radius 2 is 1.86 bits per heavy atom. The van der Waals surface area contributed by atoms with Gasteiger partial charge in [-0.25, -0.2) is 14.8 Å². The van der Waals surface area contributed by atoms with Gasteiger partial charge >= 0.3 is 5.69 Å². The number of imidazole rings is 2. The second-order valence-corrected chi connectivity index (χ2v) is 6.47. The van der Waals surface area contributed by atoms with E-state index in [0.29, 0.717) is 16.6 Å². The van der Waals surface area contributed by atoms with E-state index in [-0.39, 0.29) is 28.9 Å². The SMILES string of the molecule is CC(=O)n1c(-c2cccc3[nH]c(N=C(N)N)nc23)nc2c1c(=O)n(C)c(=O)n2C. The zero-order valence-electron chi connectivity index (χ0n) is 15.8. The van der Waals surface area contributed by atoms with E-state index in [1.54, 1.807) is 18.2 Å². The highest BCUT2D eigenvalue weighted by molar-refractivity contribution is 5.98. The number of hydrogen-bond donors (Lipinski definition) is 3. The van der Waals surface area contributed by atoms with Crippen molar-refractivity contribution in [1.29, 1.82) is 0 Å². The highest BCUT2D eigenvalue weighted by Crippen LogP contribution is 2.30. The molecule has 0 bridgehead atoms. The predicted octanol–water partition coefficient (Wildman–Crippen LogP) is -0.458. The molecule has 0 aliphatic heterocycles. The van der Waals surface area contributed by atoms with E-state index >= 15 is 0 Å². The third-order valence-corrected chi connectivity index (χ3v) is 4.55. The number of carbonyl (C=O) groups is 1. The number of carbonyl (C=O) groups excluding carboxylic acids is 1. The minimum absolute atomic E-state index is 0.00841. The Labute approximate surface area is 162 Å². The Morgan fingerprint density at radius 3 is 2.52 bits per heavy atom. The van der Waals surface area contributed by atoms with Crippen LogP contribution in [0.1, 0.15) is 11.7 Å². The first-order chi connectivity index (χ1) is 13.7. The second kappa shape index (κ2) is 6.15. The van der Waals surface area contributed by atoms with Gasteiger partial charge in [0.15, 0.2) is 22.9 Å². The molecule has 3 heterocycles. The van der Waals surface area contributed by atoms with Crippen molar-refractivity contribution in [3.8, 4) is 11.4 Å². The van der Waals surface area contributed by atoms with Crippen molar-refractivity contribution in [3.05, 3.63) is 39.0 Å². The Hall–Kier alpha value is -4.22. The molecule has 0 aliphatic rings. The Morgan fingerprint density at radius 1 is 1.14 bits per heavy atom. The molecule has 0 saturated carbocycles. The van der Waals surface area contributed by atoms with E-state index in [4.69, 9.17) is 11.5 Å². The molecule has 4 rings (SSSR count). The van der Waals surface area contributed by atoms with Crippen LogP contribution >= 0.6 is 0 Å². The summed E-state index contributed by atoms with van der Waals surface area (Å²) in [6.45, 7) is 1.31. The molecule has 12 nitrogen and oxygen atoms in total. The Bertz CT molecular complexity index is 1460.